The van der Waals surface area contributed by atoms with Crippen LogP contribution in [0.4, 0.5) is 0 Å². The molecule has 5 heteroatoms. The number of aromatic nitrogens is 1. The first-order valence-electron chi connectivity index (χ1n) is 9.24. The van der Waals surface area contributed by atoms with Gasteiger partial charge in [0.2, 0.25) is 0 Å². The highest BCUT2D eigenvalue weighted by Gasteiger charge is 2.59. The Bertz CT molecular complexity index is 584. The van der Waals surface area contributed by atoms with E-state index in [1.807, 2.05) is 11.8 Å². The number of ether oxygens (including phenoxy) is 1. The SMILES string of the molecule is CCCN(C(=O)c1cccc[n+]1[O-])[C@H]1C[C@@H](OCC)C12CCCC2. The van der Waals surface area contributed by atoms with Crippen LogP contribution < -0.4 is 4.73 Å². The van der Waals surface area contributed by atoms with Gasteiger partial charge in [-0.1, -0.05) is 19.8 Å². The third-order valence-corrected chi connectivity index (χ3v) is 5.79. The Labute approximate surface area is 144 Å². The molecule has 3 rings (SSSR count). The average molecular weight is 332 g/mol. The molecule has 1 heterocycles. The zero-order valence-corrected chi connectivity index (χ0v) is 14.7. The molecule has 0 unspecified atom stereocenters. The van der Waals surface area contributed by atoms with Crippen LogP contribution in [0.5, 0.6) is 0 Å². The lowest BCUT2D eigenvalue weighted by Crippen LogP contribution is -2.65. The van der Waals surface area contributed by atoms with Crippen LogP contribution in [-0.2, 0) is 4.74 Å². The fraction of sp³-hybridized carbons (Fsp3) is 0.684. The molecule has 0 aromatic carbocycles. The van der Waals surface area contributed by atoms with Crippen molar-refractivity contribution in [3.05, 3.63) is 35.3 Å². The lowest BCUT2D eigenvalue weighted by molar-refractivity contribution is -0.608. The van der Waals surface area contributed by atoms with Gasteiger partial charge in [0, 0.05) is 36.7 Å². The number of nitrogens with zero attached hydrogens (tertiary/aromatic N) is 2. The zero-order valence-electron chi connectivity index (χ0n) is 14.7. The summed E-state index contributed by atoms with van der Waals surface area (Å²) in [6.07, 6.45) is 8.12. The molecule has 1 aromatic heterocycles. The molecule has 0 bridgehead atoms. The summed E-state index contributed by atoms with van der Waals surface area (Å²) in [5.41, 5.74) is 0.322. The monoisotopic (exact) mass is 332 g/mol. The first-order valence-corrected chi connectivity index (χ1v) is 9.24. The van der Waals surface area contributed by atoms with Crippen LogP contribution in [0, 0.1) is 10.6 Å². The summed E-state index contributed by atoms with van der Waals surface area (Å²) in [6, 6.07) is 5.23. The summed E-state index contributed by atoms with van der Waals surface area (Å²) in [5.74, 6) is -0.140. The van der Waals surface area contributed by atoms with Crippen molar-refractivity contribution in [1.29, 1.82) is 0 Å². The molecular weight excluding hydrogens is 304 g/mol. The smallest absolute Gasteiger partial charge is 0.320 e. The van der Waals surface area contributed by atoms with E-state index in [2.05, 4.69) is 6.92 Å². The molecule has 24 heavy (non-hydrogen) atoms. The third kappa shape index (κ3) is 2.79. The van der Waals surface area contributed by atoms with Crippen molar-refractivity contribution in [3.63, 3.8) is 0 Å². The topological polar surface area (TPSA) is 56.5 Å². The maximum atomic E-state index is 13.1. The maximum absolute atomic E-state index is 13.1. The van der Waals surface area contributed by atoms with Crippen LogP contribution in [-0.4, -0.2) is 36.1 Å². The number of pyridine rings is 1. The second-order valence-corrected chi connectivity index (χ2v) is 7.05. The average Bonchev–Trinajstić information content (AvgIpc) is 3.09. The van der Waals surface area contributed by atoms with Crippen LogP contribution in [0.1, 0.15) is 62.9 Å². The molecule has 2 saturated carbocycles. The van der Waals surface area contributed by atoms with Gasteiger partial charge in [0.25, 0.3) is 5.69 Å². The van der Waals surface area contributed by atoms with E-state index >= 15 is 0 Å². The Hall–Kier alpha value is -1.62. The fourth-order valence-electron chi connectivity index (χ4n) is 4.67. The lowest BCUT2D eigenvalue weighted by Gasteiger charge is -2.57. The van der Waals surface area contributed by atoms with Gasteiger partial charge in [-0.3, -0.25) is 4.79 Å². The van der Waals surface area contributed by atoms with Gasteiger partial charge in [-0.05, 0) is 38.7 Å². The van der Waals surface area contributed by atoms with Crippen molar-refractivity contribution in [1.82, 2.24) is 4.90 Å². The standard InChI is InChI=1S/C19H28N2O3/c1-3-12-20(18(22)15-9-5-8-13-21(15)23)16-14-17(24-4-2)19(16)10-6-7-11-19/h5,8-9,13,16-17H,3-4,6-7,10-12,14H2,1-2H3/t16-,17+/m0/s1. The molecule has 1 amide bonds. The normalized spacial score (nSPS) is 24.8. The van der Waals surface area contributed by atoms with E-state index in [4.69, 9.17) is 4.74 Å². The molecule has 0 saturated heterocycles. The van der Waals surface area contributed by atoms with Gasteiger partial charge in [-0.15, -0.1) is 0 Å². The predicted octanol–water partition coefficient (Wildman–Crippen LogP) is 2.91. The number of carbonyl (C=O) groups excluding carboxylic acids is 1. The van der Waals surface area contributed by atoms with Crippen molar-refractivity contribution in [2.45, 2.75) is 64.5 Å². The van der Waals surface area contributed by atoms with Gasteiger partial charge in [0.1, 0.15) is 0 Å². The van der Waals surface area contributed by atoms with E-state index in [9.17, 15) is 10.0 Å². The van der Waals surface area contributed by atoms with Crippen LogP contribution in [0.15, 0.2) is 24.4 Å². The molecule has 2 fully saturated rings. The summed E-state index contributed by atoms with van der Waals surface area (Å²) in [4.78, 5) is 15.0. The minimum Gasteiger partial charge on any atom is -0.618 e. The zero-order chi connectivity index (χ0) is 17.2. The predicted molar refractivity (Wildman–Crippen MR) is 91.4 cm³/mol. The van der Waals surface area contributed by atoms with Crippen LogP contribution >= 0.6 is 0 Å². The summed E-state index contributed by atoms with van der Waals surface area (Å²) in [7, 11) is 0. The molecule has 132 valence electrons. The first kappa shape index (κ1) is 17.2. The van der Waals surface area contributed by atoms with Gasteiger partial charge in [-0.2, -0.15) is 4.73 Å². The van der Waals surface area contributed by atoms with Gasteiger partial charge >= 0.3 is 5.91 Å². The summed E-state index contributed by atoms with van der Waals surface area (Å²) >= 11 is 0. The van der Waals surface area contributed by atoms with Crippen molar-refractivity contribution in [3.8, 4) is 0 Å². The summed E-state index contributed by atoms with van der Waals surface area (Å²) < 4.78 is 6.66. The molecule has 2 atom stereocenters. The van der Waals surface area contributed by atoms with Gasteiger partial charge in [0.15, 0.2) is 6.20 Å². The highest BCUT2D eigenvalue weighted by atomic mass is 16.5. The fourth-order valence-corrected chi connectivity index (χ4v) is 4.67. The molecule has 2 aliphatic rings. The molecule has 5 nitrogen and oxygen atoms in total. The Morgan fingerprint density at radius 1 is 1.38 bits per heavy atom. The number of hydrogen-bond donors (Lipinski definition) is 0. The Morgan fingerprint density at radius 3 is 2.75 bits per heavy atom. The molecule has 0 aliphatic heterocycles. The lowest BCUT2D eigenvalue weighted by atomic mass is 9.59. The minimum absolute atomic E-state index is 0.101. The maximum Gasteiger partial charge on any atom is 0.320 e. The van der Waals surface area contributed by atoms with E-state index in [1.54, 1.807) is 18.2 Å². The van der Waals surface area contributed by atoms with Crippen molar-refractivity contribution in [2.24, 2.45) is 5.41 Å². The third-order valence-electron chi connectivity index (χ3n) is 5.79. The highest BCUT2D eigenvalue weighted by Crippen LogP contribution is 2.56. The van der Waals surface area contributed by atoms with Crippen molar-refractivity contribution < 1.29 is 14.3 Å². The highest BCUT2D eigenvalue weighted by molar-refractivity contribution is 5.91. The second-order valence-electron chi connectivity index (χ2n) is 7.05. The van der Waals surface area contributed by atoms with Gasteiger partial charge < -0.3 is 14.8 Å². The Kier molecular flexibility index (Phi) is 5.09. The number of hydrogen-bond acceptors (Lipinski definition) is 3. The second kappa shape index (κ2) is 7.09. The molecular formula is C19H28N2O3. The molecule has 0 radical (unpaired) electrons. The number of carbonyl (C=O) groups is 1. The van der Waals surface area contributed by atoms with E-state index < -0.39 is 0 Å². The number of amides is 1. The minimum atomic E-state index is -0.140. The van der Waals surface area contributed by atoms with Crippen LogP contribution in [0.2, 0.25) is 0 Å². The van der Waals surface area contributed by atoms with E-state index in [-0.39, 0.29) is 29.2 Å². The summed E-state index contributed by atoms with van der Waals surface area (Å²) in [5, 5.41) is 12.0. The quantitative estimate of drug-likeness (QED) is 0.594. The van der Waals surface area contributed by atoms with Crippen molar-refractivity contribution >= 4 is 5.91 Å². The van der Waals surface area contributed by atoms with E-state index in [0.29, 0.717) is 11.3 Å². The van der Waals surface area contributed by atoms with Crippen LogP contribution in [0.3, 0.4) is 0 Å². The molecule has 1 aromatic rings. The van der Waals surface area contributed by atoms with Crippen LogP contribution in [0.25, 0.3) is 0 Å². The van der Waals surface area contributed by atoms with E-state index in [0.717, 1.165) is 32.3 Å². The van der Waals surface area contributed by atoms with Gasteiger partial charge in [-0.25, -0.2) is 0 Å². The first-order chi connectivity index (χ1) is 11.6. The summed E-state index contributed by atoms with van der Waals surface area (Å²) in [6.45, 7) is 5.53. The molecule has 0 N–H and O–H groups in total. The Morgan fingerprint density at radius 2 is 2.12 bits per heavy atom. The molecule has 2 aliphatic carbocycles. The van der Waals surface area contributed by atoms with Crippen molar-refractivity contribution in [2.75, 3.05) is 13.2 Å². The Balaban J connectivity index is 1.86. The number of rotatable bonds is 6. The molecule has 1 spiro atoms. The largest absolute Gasteiger partial charge is 0.618 e. The van der Waals surface area contributed by atoms with Gasteiger partial charge in [0.05, 0.1) is 6.10 Å². The van der Waals surface area contributed by atoms with E-state index in [1.165, 1.54) is 19.0 Å².